The molecule has 0 aliphatic carbocycles. The summed E-state index contributed by atoms with van der Waals surface area (Å²) in [5.41, 5.74) is -3.76. The van der Waals surface area contributed by atoms with Gasteiger partial charge in [0.05, 0.1) is 0 Å². The smallest absolute Gasteiger partial charge is 0.297 e. The number of halogens is 5. The Morgan fingerprint density at radius 3 is 2.69 bits per heavy atom. The second kappa shape index (κ2) is 7.99. The van der Waals surface area contributed by atoms with Gasteiger partial charge in [-0.15, -0.1) is 0 Å². The number of hydrogen-bond donors (Lipinski definition) is 1. The van der Waals surface area contributed by atoms with E-state index in [1.165, 1.54) is 16.9 Å². The van der Waals surface area contributed by atoms with Crippen molar-refractivity contribution in [1.29, 1.82) is 0 Å². The molecular formula is C17H15ClF4N4O3. The summed E-state index contributed by atoms with van der Waals surface area (Å²) in [6, 6.07) is 6.12. The molecule has 1 atom stereocenters. The Labute approximate surface area is 167 Å². The van der Waals surface area contributed by atoms with Gasteiger partial charge in [-0.2, -0.15) is 15.2 Å². The standard InChI is InChI=1S/C17H15ClF4N4O3/c1-9-6-10(2-3-11(9)18)29-8-25-5-4-12(23-25)15(27)26-17(28,16(21)22)7-13(24-26)14(19)20/h2-6,14,16,28H,7-8H2,1H3/t17-/m0/s1. The summed E-state index contributed by atoms with van der Waals surface area (Å²) < 4.78 is 58.8. The summed E-state index contributed by atoms with van der Waals surface area (Å²) in [5, 5.41) is 17.6. The summed E-state index contributed by atoms with van der Waals surface area (Å²) in [6.07, 6.45) is -6.53. The maximum absolute atomic E-state index is 13.2. The van der Waals surface area contributed by atoms with E-state index in [2.05, 4.69) is 10.2 Å². The van der Waals surface area contributed by atoms with Crippen molar-refractivity contribution < 1.29 is 32.2 Å². The van der Waals surface area contributed by atoms with Gasteiger partial charge in [0.15, 0.2) is 12.4 Å². The Kier molecular flexibility index (Phi) is 5.80. The van der Waals surface area contributed by atoms with Crippen molar-refractivity contribution >= 4 is 23.2 Å². The maximum Gasteiger partial charge on any atom is 0.297 e. The van der Waals surface area contributed by atoms with Crippen molar-refractivity contribution in [2.24, 2.45) is 5.10 Å². The number of hydrazone groups is 1. The molecule has 1 amide bonds. The number of aromatic nitrogens is 2. The fourth-order valence-electron chi connectivity index (χ4n) is 2.61. The van der Waals surface area contributed by atoms with Crippen LogP contribution in [0.1, 0.15) is 22.5 Å². The molecule has 2 heterocycles. The van der Waals surface area contributed by atoms with Crippen LogP contribution < -0.4 is 4.74 Å². The van der Waals surface area contributed by atoms with E-state index < -0.39 is 36.6 Å². The summed E-state index contributed by atoms with van der Waals surface area (Å²) in [5.74, 6) is -0.766. The third kappa shape index (κ3) is 4.20. The zero-order valence-electron chi connectivity index (χ0n) is 14.9. The highest BCUT2D eigenvalue weighted by Gasteiger charge is 2.53. The first-order valence-electron chi connectivity index (χ1n) is 8.25. The topological polar surface area (TPSA) is 80.0 Å². The number of amides is 1. The predicted octanol–water partition coefficient (Wildman–Crippen LogP) is 3.30. The molecule has 1 aromatic heterocycles. The average Bonchev–Trinajstić information content (AvgIpc) is 3.28. The number of nitrogens with zero attached hydrogens (tertiary/aromatic N) is 4. The Balaban J connectivity index is 1.74. The van der Waals surface area contributed by atoms with E-state index in [1.807, 2.05) is 0 Å². The summed E-state index contributed by atoms with van der Waals surface area (Å²) in [7, 11) is 0. The average molecular weight is 435 g/mol. The number of aliphatic hydroxyl groups is 1. The van der Waals surface area contributed by atoms with Gasteiger partial charge in [-0.25, -0.2) is 22.2 Å². The van der Waals surface area contributed by atoms with Crippen molar-refractivity contribution in [2.75, 3.05) is 0 Å². The van der Waals surface area contributed by atoms with Crippen LogP contribution in [0.15, 0.2) is 35.6 Å². The monoisotopic (exact) mass is 434 g/mol. The van der Waals surface area contributed by atoms with Crippen LogP contribution in [0.3, 0.4) is 0 Å². The number of carbonyl (C=O) groups is 1. The van der Waals surface area contributed by atoms with Gasteiger partial charge >= 0.3 is 0 Å². The van der Waals surface area contributed by atoms with E-state index in [0.29, 0.717) is 10.8 Å². The Bertz CT molecular complexity index is 953. The molecule has 7 nitrogen and oxygen atoms in total. The largest absolute Gasteiger partial charge is 0.471 e. The third-order valence-electron chi connectivity index (χ3n) is 4.18. The second-order valence-electron chi connectivity index (χ2n) is 6.29. The molecule has 0 spiro atoms. The molecule has 0 fully saturated rings. The van der Waals surface area contributed by atoms with Gasteiger partial charge < -0.3 is 9.84 Å². The normalized spacial score (nSPS) is 19.2. The van der Waals surface area contributed by atoms with Crippen molar-refractivity contribution in [3.63, 3.8) is 0 Å². The number of aryl methyl sites for hydroxylation is 1. The van der Waals surface area contributed by atoms with Gasteiger partial charge in [0, 0.05) is 17.6 Å². The van der Waals surface area contributed by atoms with Crippen LogP contribution in [0, 0.1) is 6.92 Å². The maximum atomic E-state index is 13.2. The summed E-state index contributed by atoms with van der Waals surface area (Å²) in [4.78, 5) is 12.5. The van der Waals surface area contributed by atoms with Crippen LogP contribution in [0.2, 0.25) is 5.02 Å². The zero-order chi connectivity index (χ0) is 21.3. The van der Waals surface area contributed by atoms with Crippen LogP contribution in [0.4, 0.5) is 17.6 Å². The molecule has 156 valence electrons. The highest BCUT2D eigenvalue weighted by atomic mass is 35.5. The fourth-order valence-corrected chi connectivity index (χ4v) is 2.72. The SMILES string of the molecule is Cc1cc(OCn2ccc(C(=O)N3N=C(C(F)F)C[C@]3(O)C(F)F)n2)ccc1Cl. The summed E-state index contributed by atoms with van der Waals surface area (Å²) >= 11 is 5.93. The van der Waals surface area contributed by atoms with Crippen molar-refractivity contribution in [1.82, 2.24) is 14.8 Å². The van der Waals surface area contributed by atoms with E-state index in [4.69, 9.17) is 16.3 Å². The van der Waals surface area contributed by atoms with Crippen LogP contribution in [-0.2, 0) is 6.73 Å². The van der Waals surface area contributed by atoms with Crippen LogP contribution in [0.25, 0.3) is 0 Å². The first kappa shape index (κ1) is 21.1. The Morgan fingerprint density at radius 2 is 2.07 bits per heavy atom. The molecular weight excluding hydrogens is 420 g/mol. The highest BCUT2D eigenvalue weighted by Crippen LogP contribution is 2.34. The zero-order valence-corrected chi connectivity index (χ0v) is 15.7. The fraction of sp³-hybridized carbons (Fsp3) is 0.353. The second-order valence-corrected chi connectivity index (χ2v) is 6.70. The lowest BCUT2D eigenvalue weighted by atomic mass is 10.1. The van der Waals surface area contributed by atoms with Gasteiger partial charge in [-0.1, -0.05) is 11.6 Å². The molecule has 0 radical (unpaired) electrons. The lowest BCUT2D eigenvalue weighted by Gasteiger charge is -2.29. The molecule has 1 aliphatic rings. The van der Waals surface area contributed by atoms with Crippen molar-refractivity contribution in [3.05, 3.63) is 46.7 Å². The van der Waals surface area contributed by atoms with Crippen molar-refractivity contribution in [3.8, 4) is 5.75 Å². The first-order valence-corrected chi connectivity index (χ1v) is 8.62. The first-order chi connectivity index (χ1) is 13.6. The number of alkyl halides is 4. The van der Waals surface area contributed by atoms with E-state index in [1.54, 1.807) is 25.1 Å². The molecule has 12 heteroatoms. The van der Waals surface area contributed by atoms with Gasteiger partial charge in [-0.05, 0) is 36.8 Å². The highest BCUT2D eigenvalue weighted by molar-refractivity contribution is 6.31. The lowest BCUT2D eigenvalue weighted by Crippen LogP contribution is -2.51. The molecule has 3 rings (SSSR count). The Hall–Kier alpha value is -2.66. The van der Waals surface area contributed by atoms with Crippen molar-refractivity contribution in [2.45, 2.75) is 38.7 Å². The molecule has 1 aliphatic heterocycles. The van der Waals surface area contributed by atoms with Crippen LogP contribution >= 0.6 is 11.6 Å². The summed E-state index contributed by atoms with van der Waals surface area (Å²) in [6.45, 7) is 1.66. The number of rotatable bonds is 6. The lowest BCUT2D eigenvalue weighted by molar-refractivity contribution is -0.164. The number of ether oxygens (including phenoxy) is 1. The van der Waals surface area contributed by atoms with E-state index in [9.17, 15) is 27.5 Å². The minimum atomic E-state index is -3.51. The Morgan fingerprint density at radius 1 is 1.34 bits per heavy atom. The van der Waals surface area contributed by atoms with Gasteiger partial charge in [0.2, 0.25) is 5.72 Å². The quantitative estimate of drug-likeness (QED) is 0.707. The van der Waals surface area contributed by atoms with Gasteiger partial charge in [0.1, 0.15) is 11.5 Å². The van der Waals surface area contributed by atoms with E-state index >= 15 is 0 Å². The van der Waals surface area contributed by atoms with Crippen LogP contribution in [0.5, 0.6) is 5.75 Å². The number of carbonyl (C=O) groups excluding carboxylic acids is 1. The van der Waals surface area contributed by atoms with Gasteiger partial charge in [0.25, 0.3) is 18.8 Å². The number of hydrogen-bond acceptors (Lipinski definition) is 5. The molecule has 0 saturated carbocycles. The van der Waals surface area contributed by atoms with Crippen LogP contribution in [-0.4, -0.2) is 50.1 Å². The van der Waals surface area contributed by atoms with Gasteiger partial charge in [-0.3, -0.25) is 4.79 Å². The number of benzene rings is 1. The molecule has 2 aromatic rings. The molecule has 1 aromatic carbocycles. The molecule has 0 bridgehead atoms. The molecule has 0 saturated heterocycles. The minimum Gasteiger partial charge on any atom is -0.471 e. The molecule has 0 unspecified atom stereocenters. The van der Waals surface area contributed by atoms with E-state index in [-0.39, 0.29) is 17.4 Å². The predicted molar refractivity (Wildman–Crippen MR) is 94.2 cm³/mol. The minimum absolute atomic E-state index is 0.0464. The molecule has 1 N–H and O–H groups in total. The third-order valence-corrected chi connectivity index (χ3v) is 4.61. The molecule has 29 heavy (non-hydrogen) atoms. The van der Waals surface area contributed by atoms with E-state index in [0.717, 1.165) is 5.56 Å².